The third-order valence-electron chi connectivity index (χ3n) is 4.21. The van der Waals surface area contributed by atoms with Gasteiger partial charge in [-0.15, -0.1) is 0 Å². The number of halogens is 2. The van der Waals surface area contributed by atoms with Gasteiger partial charge in [0.05, 0.1) is 7.11 Å². The Morgan fingerprint density at radius 1 is 1.03 bits per heavy atom. The number of carbonyl (C=O) groups is 3. The Morgan fingerprint density at radius 3 is 2.38 bits per heavy atom. The maximum atomic E-state index is 13.5. The SMILES string of the molecule is COC(=O)[C@@H](Cc1ccccc1Br)NC(=O)[C@@H](Cc1cccc(F)c1)NC(C)=O. The van der Waals surface area contributed by atoms with Crippen molar-refractivity contribution in [2.45, 2.75) is 31.8 Å². The van der Waals surface area contributed by atoms with E-state index in [1.165, 1.54) is 32.2 Å². The molecular formula is C21H22BrFN2O4. The van der Waals surface area contributed by atoms with Gasteiger partial charge in [0.25, 0.3) is 0 Å². The van der Waals surface area contributed by atoms with E-state index in [1.54, 1.807) is 6.07 Å². The minimum atomic E-state index is -0.972. The van der Waals surface area contributed by atoms with Gasteiger partial charge in [-0.3, -0.25) is 9.59 Å². The Labute approximate surface area is 177 Å². The fourth-order valence-corrected chi connectivity index (χ4v) is 3.29. The molecule has 2 N–H and O–H groups in total. The number of amides is 2. The molecule has 0 aromatic heterocycles. The van der Waals surface area contributed by atoms with E-state index >= 15 is 0 Å². The van der Waals surface area contributed by atoms with Gasteiger partial charge in [-0.2, -0.15) is 0 Å². The second kappa shape index (κ2) is 10.7. The molecule has 154 valence electrons. The maximum Gasteiger partial charge on any atom is 0.328 e. The van der Waals surface area contributed by atoms with Crippen molar-refractivity contribution >= 4 is 33.7 Å². The molecule has 2 amide bonds. The van der Waals surface area contributed by atoms with Gasteiger partial charge in [0.15, 0.2) is 0 Å². The molecule has 0 heterocycles. The molecule has 0 saturated heterocycles. The predicted molar refractivity (Wildman–Crippen MR) is 110 cm³/mol. The van der Waals surface area contributed by atoms with Crippen LogP contribution in [0.1, 0.15) is 18.1 Å². The van der Waals surface area contributed by atoms with E-state index in [9.17, 15) is 18.8 Å². The Bertz CT molecular complexity index is 890. The van der Waals surface area contributed by atoms with Crippen molar-refractivity contribution in [3.05, 3.63) is 69.9 Å². The van der Waals surface area contributed by atoms with Gasteiger partial charge in [-0.1, -0.05) is 46.3 Å². The highest BCUT2D eigenvalue weighted by atomic mass is 79.9. The lowest BCUT2D eigenvalue weighted by molar-refractivity contribution is -0.145. The topological polar surface area (TPSA) is 84.5 Å². The van der Waals surface area contributed by atoms with Crippen LogP contribution in [0.25, 0.3) is 0 Å². The fraction of sp³-hybridized carbons (Fsp3) is 0.286. The molecule has 2 aromatic carbocycles. The van der Waals surface area contributed by atoms with Crippen molar-refractivity contribution in [1.82, 2.24) is 10.6 Å². The van der Waals surface area contributed by atoms with Crippen molar-refractivity contribution in [3.8, 4) is 0 Å². The molecule has 0 aliphatic rings. The van der Waals surface area contributed by atoms with Crippen molar-refractivity contribution in [1.29, 1.82) is 0 Å². The van der Waals surface area contributed by atoms with E-state index in [-0.39, 0.29) is 12.8 Å². The fourth-order valence-electron chi connectivity index (χ4n) is 2.85. The monoisotopic (exact) mass is 464 g/mol. The zero-order chi connectivity index (χ0) is 21.4. The summed E-state index contributed by atoms with van der Waals surface area (Å²) in [5, 5.41) is 5.19. The van der Waals surface area contributed by atoms with Crippen LogP contribution >= 0.6 is 15.9 Å². The Morgan fingerprint density at radius 2 is 1.76 bits per heavy atom. The summed E-state index contributed by atoms with van der Waals surface area (Å²) in [4.78, 5) is 36.6. The van der Waals surface area contributed by atoms with Crippen LogP contribution in [0.3, 0.4) is 0 Å². The quantitative estimate of drug-likeness (QED) is 0.587. The number of nitrogens with one attached hydrogen (secondary N) is 2. The molecule has 2 aromatic rings. The van der Waals surface area contributed by atoms with E-state index in [2.05, 4.69) is 26.6 Å². The van der Waals surface area contributed by atoms with E-state index in [0.717, 1.165) is 10.0 Å². The highest BCUT2D eigenvalue weighted by molar-refractivity contribution is 9.10. The zero-order valence-electron chi connectivity index (χ0n) is 16.1. The first kappa shape index (κ1) is 22.5. The summed E-state index contributed by atoms with van der Waals surface area (Å²) in [5.41, 5.74) is 1.35. The van der Waals surface area contributed by atoms with Crippen molar-refractivity contribution in [2.75, 3.05) is 7.11 Å². The first-order valence-corrected chi connectivity index (χ1v) is 9.72. The van der Waals surface area contributed by atoms with E-state index in [0.29, 0.717) is 5.56 Å². The summed E-state index contributed by atoms with van der Waals surface area (Å²) in [5.74, 6) is -2.03. The van der Waals surface area contributed by atoms with Gasteiger partial charge < -0.3 is 15.4 Å². The van der Waals surface area contributed by atoms with Crippen LogP contribution < -0.4 is 10.6 Å². The molecule has 2 rings (SSSR count). The highest BCUT2D eigenvalue weighted by Gasteiger charge is 2.27. The molecule has 0 spiro atoms. The normalized spacial score (nSPS) is 12.6. The predicted octanol–water partition coefficient (Wildman–Crippen LogP) is 2.54. The number of ether oxygens (including phenoxy) is 1. The molecule has 0 radical (unpaired) electrons. The Balaban J connectivity index is 2.19. The molecule has 0 bridgehead atoms. The van der Waals surface area contributed by atoms with Crippen LogP contribution in [-0.4, -0.2) is 37.0 Å². The molecule has 0 saturated carbocycles. The zero-order valence-corrected chi connectivity index (χ0v) is 17.7. The number of hydrogen-bond acceptors (Lipinski definition) is 4. The maximum absolute atomic E-state index is 13.5. The number of esters is 1. The minimum Gasteiger partial charge on any atom is -0.467 e. The molecular weight excluding hydrogens is 443 g/mol. The standard InChI is InChI=1S/C21H22BrFN2O4/c1-13(26)24-18(11-14-6-5-8-16(23)10-14)20(27)25-19(21(28)29-2)12-15-7-3-4-9-17(15)22/h3-10,18-19H,11-12H2,1-2H3,(H,24,26)(H,25,27)/t18-,19-/m1/s1. The second-order valence-corrected chi connectivity index (χ2v) is 7.32. The average Bonchev–Trinajstić information content (AvgIpc) is 2.67. The molecule has 0 aliphatic heterocycles. The summed E-state index contributed by atoms with van der Waals surface area (Å²) in [6.07, 6.45) is 0.276. The molecule has 0 unspecified atom stereocenters. The highest BCUT2D eigenvalue weighted by Crippen LogP contribution is 2.18. The Kier molecular flexibility index (Phi) is 8.33. The Hall–Kier alpha value is -2.74. The number of methoxy groups -OCH3 is 1. The largest absolute Gasteiger partial charge is 0.467 e. The summed E-state index contributed by atoms with van der Waals surface area (Å²) in [6.45, 7) is 1.28. The van der Waals surface area contributed by atoms with Gasteiger partial charge >= 0.3 is 5.97 Å². The van der Waals surface area contributed by atoms with Crippen molar-refractivity contribution < 1.29 is 23.5 Å². The van der Waals surface area contributed by atoms with E-state index < -0.39 is 35.7 Å². The van der Waals surface area contributed by atoms with Crippen LogP contribution in [0.15, 0.2) is 53.0 Å². The van der Waals surface area contributed by atoms with E-state index in [1.807, 2.05) is 24.3 Å². The number of carbonyl (C=O) groups excluding carboxylic acids is 3. The third kappa shape index (κ3) is 6.98. The molecule has 0 fully saturated rings. The second-order valence-electron chi connectivity index (χ2n) is 6.47. The lowest BCUT2D eigenvalue weighted by Crippen LogP contribution is -2.53. The van der Waals surface area contributed by atoms with Gasteiger partial charge in [0.1, 0.15) is 17.9 Å². The number of rotatable bonds is 8. The minimum absolute atomic E-state index is 0.0755. The van der Waals surface area contributed by atoms with Crippen LogP contribution in [0.4, 0.5) is 4.39 Å². The van der Waals surface area contributed by atoms with Gasteiger partial charge in [0.2, 0.25) is 11.8 Å². The summed E-state index contributed by atoms with van der Waals surface area (Å²) in [6, 6.07) is 11.2. The smallest absolute Gasteiger partial charge is 0.328 e. The molecule has 2 atom stereocenters. The summed E-state index contributed by atoms with van der Waals surface area (Å²) in [7, 11) is 1.24. The van der Waals surface area contributed by atoms with Crippen LogP contribution in [0, 0.1) is 5.82 Å². The molecule has 6 nitrogen and oxygen atoms in total. The lowest BCUT2D eigenvalue weighted by Gasteiger charge is -2.22. The molecule has 8 heteroatoms. The molecule has 29 heavy (non-hydrogen) atoms. The van der Waals surface area contributed by atoms with Crippen molar-refractivity contribution in [3.63, 3.8) is 0 Å². The lowest BCUT2D eigenvalue weighted by atomic mass is 10.0. The van der Waals surface area contributed by atoms with Crippen LogP contribution in [0.5, 0.6) is 0 Å². The van der Waals surface area contributed by atoms with E-state index in [4.69, 9.17) is 4.74 Å². The number of hydrogen-bond donors (Lipinski definition) is 2. The first-order chi connectivity index (χ1) is 13.8. The van der Waals surface area contributed by atoms with Gasteiger partial charge in [0, 0.05) is 24.2 Å². The molecule has 0 aliphatic carbocycles. The van der Waals surface area contributed by atoms with Gasteiger partial charge in [-0.05, 0) is 29.3 Å². The summed E-state index contributed by atoms with van der Waals surface area (Å²) >= 11 is 3.42. The first-order valence-electron chi connectivity index (χ1n) is 8.93. The summed E-state index contributed by atoms with van der Waals surface area (Å²) < 4.78 is 19.1. The van der Waals surface area contributed by atoms with Crippen LogP contribution in [-0.2, 0) is 32.0 Å². The van der Waals surface area contributed by atoms with Crippen molar-refractivity contribution in [2.24, 2.45) is 0 Å². The third-order valence-corrected chi connectivity index (χ3v) is 4.98. The van der Waals surface area contributed by atoms with Gasteiger partial charge in [-0.25, -0.2) is 9.18 Å². The number of benzene rings is 2. The van der Waals surface area contributed by atoms with Crippen LogP contribution in [0.2, 0.25) is 0 Å². The average molecular weight is 465 g/mol.